The summed E-state index contributed by atoms with van der Waals surface area (Å²) in [6.45, 7) is 6.68. The van der Waals surface area contributed by atoms with Crippen LogP contribution in [0.3, 0.4) is 0 Å². The van der Waals surface area contributed by atoms with Crippen molar-refractivity contribution < 1.29 is 19.4 Å². The molecular weight excluding hydrogens is 448 g/mol. The van der Waals surface area contributed by atoms with Crippen LogP contribution in [0.4, 0.5) is 15.4 Å². The topological polar surface area (TPSA) is 122 Å². The number of nitrogens with zero attached hydrogens (tertiary/aromatic N) is 4. The van der Waals surface area contributed by atoms with Gasteiger partial charge in [-0.2, -0.15) is 5.10 Å². The molecule has 1 unspecified atom stereocenters. The number of ether oxygens (including phenoxy) is 1. The number of amides is 2. The predicted octanol–water partition coefficient (Wildman–Crippen LogP) is 4.54. The third-order valence-corrected chi connectivity index (χ3v) is 5.37. The van der Waals surface area contributed by atoms with Crippen molar-refractivity contribution >= 4 is 28.9 Å². The van der Waals surface area contributed by atoms with Gasteiger partial charge in [-0.15, -0.1) is 0 Å². The van der Waals surface area contributed by atoms with Crippen LogP contribution in [-0.4, -0.2) is 56.2 Å². The Morgan fingerprint density at radius 1 is 1.23 bits per heavy atom. The number of carbonyl (C=O) groups is 2. The summed E-state index contributed by atoms with van der Waals surface area (Å²) in [5.41, 5.74) is 2.00. The molecule has 2 heterocycles. The van der Waals surface area contributed by atoms with Gasteiger partial charge in [0.05, 0.1) is 23.4 Å². The van der Waals surface area contributed by atoms with Crippen molar-refractivity contribution in [2.24, 2.45) is 7.05 Å². The van der Waals surface area contributed by atoms with Gasteiger partial charge in [0, 0.05) is 19.0 Å². The molecule has 35 heavy (non-hydrogen) atoms. The van der Waals surface area contributed by atoms with Gasteiger partial charge < -0.3 is 20.1 Å². The fourth-order valence-corrected chi connectivity index (χ4v) is 3.93. The van der Waals surface area contributed by atoms with Crippen LogP contribution in [0.2, 0.25) is 0 Å². The number of rotatable bonds is 9. The van der Waals surface area contributed by atoms with E-state index in [1.807, 2.05) is 44.4 Å². The minimum absolute atomic E-state index is 0.273. The lowest BCUT2D eigenvalue weighted by atomic mass is 10.0. The monoisotopic (exact) mass is 482 g/mol. The molecule has 0 bridgehead atoms. The number of pyridine rings is 1. The van der Waals surface area contributed by atoms with E-state index in [2.05, 4.69) is 25.6 Å². The molecule has 0 aliphatic rings. The number of hydrogen-bond donors (Lipinski definition) is 3. The number of carboxylic acid groups (broad SMARTS) is 1. The lowest BCUT2D eigenvalue weighted by Crippen LogP contribution is -2.28. The summed E-state index contributed by atoms with van der Waals surface area (Å²) < 4.78 is 7.12. The highest BCUT2D eigenvalue weighted by molar-refractivity contribution is 5.89. The number of aryl methyl sites for hydroxylation is 1. The van der Waals surface area contributed by atoms with Crippen molar-refractivity contribution in [3.05, 3.63) is 53.9 Å². The van der Waals surface area contributed by atoms with E-state index in [4.69, 9.17) is 4.74 Å². The van der Waals surface area contributed by atoms with E-state index in [-0.39, 0.29) is 6.04 Å². The van der Waals surface area contributed by atoms with Gasteiger partial charge in [0.1, 0.15) is 11.4 Å². The molecule has 0 aliphatic carbocycles. The van der Waals surface area contributed by atoms with Gasteiger partial charge in [-0.05, 0) is 58.8 Å². The molecule has 3 aromatic rings. The molecule has 0 saturated carbocycles. The van der Waals surface area contributed by atoms with Crippen LogP contribution in [0.1, 0.15) is 50.9 Å². The van der Waals surface area contributed by atoms with E-state index in [9.17, 15) is 14.7 Å². The maximum atomic E-state index is 12.2. The van der Waals surface area contributed by atoms with Gasteiger partial charge >= 0.3 is 12.2 Å². The Labute approximate surface area is 205 Å². The molecular formula is C25H34N6O4. The van der Waals surface area contributed by atoms with Crippen molar-refractivity contribution in [2.45, 2.75) is 51.8 Å². The van der Waals surface area contributed by atoms with Gasteiger partial charge in [-0.25, -0.2) is 14.6 Å². The zero-order chi connectivity index (χ0) is 25.6. The number of anilines is 1. The molecule has 0 saturated heterocycles. The molecule has 0 fully saturated rings. The minimum Gasteiger partial charge on any atom is -0.465 e. The van der Waals surface area contributed by atoms with Crippen molar-refractivity contribution in [3.63, 3.8) is 0 Å². The molecule has 188 valence electrons. The molecule has 3 rings (SSSR count). The summed E-state index contributed by atoms with van der Waals surface area (Å²) in [6.07, 6.45) is 1.58. The first-order valence-corrected chi connectivity index (χ1v) is 11.6. The first-order chi connectivity index (χ1) is 16.5. The van der Waals surface area contributed by atoms with Gasteiger partial charge in [-0.3, -0.25) is 10.00 Å². The SMILES string of the molecule is CN(CCCC(NC(=O)O)c1ccccc1)Cc1nc(NC(=O)OC(C)(C)C)cc2cnn(C)c12. The molecule has 0 radical (unpaired) electrons. The summed E-state index contributed by atoms with van der Waals surface area (Å²) in [5.74, 6) is 0.401. The maximum Gasteiger partial charge on any atom is 0.413 e. The minimum atomic E-state index is -1.04. The highest BCUT2D eigenvalue weighted by Crippen LogP contribution is 2.23. The second-order valence-electron chi connectivity index (χ2n) is 9.58. The fourth-order valence-electron chi connectivity index (χ4n) is 3.93. The van der Waals surface area contributed by atoms with Crippen LogP contribution in [0.15, 0.2) is 42.6 Å². The molecule has 1 atom stereocenters. The molecule has 2 aromatic heterocycles. The van der Waals surface area contributed by atoms with Crippen LogP contribution in [0.5, 0.6) is 0 Å². The molecule has 1 aromatic carbocycles. The first-order valence-electron chi connectivity index (χ1n) is 11.6. The van der Waals surface area contributed by atoms with Crippen LogP contribution in [0.25, 0.3) is 10.9 Å². The number of carbonyl (C=O) groups excluding carboxylic acids is 1. The summed E-state index contributed by atoms with van der Waals surface area (Å²) in [5, 5.41) is 19.8. The second-order valence-corrected chi connectivity index (χ2v) is 9.58. The average Bonchev–Trinajstić information content (AvgIpc) is 3.13. The van der Waals surface area contributed by atoms with E-state index >= 15 is 0 Å². The van der Waals surface area contributed by atoms with Crippen LogP contribution in [-0.2, 0) is 18.3 Å². The molecule has 0 spiro atoms. The Balaban J connectivity index is 1.68. The number of nitrogens with one attached hydrogen (secondary N) is 2. The summed E-state index contributed by atoms with van der Waals surface area (Å²) >= 11 is 0. The van der Waals surface area contributed by atoms with Gasteiger partial charge in [-0.1, -0.05) is 30.3 Å². The lowest BCUT2D eigenvalue weighted by Gasteiger charge is -2.21. The van der Waals surface area contributed by atoms with E-state index in [1.165, 1.54) is 0 Å². The molecule has 2 amide bonds. The van der Waals surface area contributed by atoms with E-state index < -0.39 is 17.8 Å². The Bertz CT molecular complexity index is 1160. The summed E-state index contributed by atoms with van der Waals surface area (Å²) in [7, 11) is 3.84. The lowest BCUT2D eigenvalue weighted by molar-refractivity contribution is 0.0635. The second kappa shape index (κ2) is 11.2. The number of hydrogen-bond acceptors (Lipinski definition) is 6. The van der Waals surface area contributed by atoms with Crippen molar-refractivity contribution in [3.8, 4) is 0 Å². The average molecular weight is 483 g/mol. The van der Waals surface area contributed by atoms with Gasteiger partial charge in [0.25, 0.3) is 0 Å². The van der Waals surface area contributed by atoms with Crippen molar-refractivity contribution in [2.75, 3.05) is 18.9 Å². The molecule has 3 N–H and O–H groups in total. The molecule has 10 nitrogen and oxygen atoms in total. The summed E-state index contributed by atoms with van der Waals surface area (Å²) in [4.78, 5) is 30.3. The standard InChI is InChI=1S/C25H34N6O4/c1-25(2,3)35-24(34)29-21-14-18-15-26-31(5)22(18)20(27-21)16-30(4)13-9-12-19(28-23(32)33)17-10-7-6-8-11-17/h6-8,10-11,14-15,19,28H,9,12-13,16H2,1-5H3,(H,32,33)(H,27,29,34). The largest absolute Gasteiger partial charge is 0.465 e. The molecule has 0 aliphatic heterocycles. The van der Waals surface area contributed by atoms with Crippen LogP contribution in [0, 0.1) is 0 Å². The molecule has 10 heteroatoms. The first kappa shape index (κ1) is 26.0. The highest BCUT2D eigenvalue weighted by atomic mass is 16.6. The number of fused-ring (bicyclic) bond motifs is 1. The van der Waals surface area contributed by atoms with Gasteiger partial charge in [0.15, 0.2) is 0 Å². The van der Waals surface area contributed by atoms with E-state index in [1.54, 1.807) is 37.7 Å². The maximum absolute atomic E-state index is 12.2. The third kappa shape index (κ3) is 7.68. The van der Waals surface area contributed by atoms with Crippen LogP contribution < -0.4 is 10.6 Å². The number of benzene rings is 1. The normalized spacial score (nSPS) is 12.5. The van der Waals surface area contributed by atoms with Crippen molar-refractivity contribution in [1.82, 2.24) is 25.0 Å². The number of aromatic nitrogens is 3. The summed E-state index contributed by atoms with van der Waals surface area (Å²) in [6, 6.07) is 11.1. The van der Waals surface area contributed by atoms with Crippen LogP contribution >= 0.6 is 0 Å². The smallest absolute Gasteiger partial charge is 0.413 e. The zero-order valence-corrected chi connectivity index (χ0v) is 20.9. The zero-order valence-electron chi connectivity index (χ0n) is 20.9. The Hall–Kier alpha value is -3.66. The van der Waals surface area contributed by atoms with Gasteiger partial charge in [0.2, 0.25) is 0 Å². The Morgan fingerprint density at radius 2 is 1.94 bits per heavy atom. The van der Waals surface area contributed by atoms with E-state index in [0.29, 0.717) is 18.8 Å². The predicted molar refractivity (Wildman–Crippen MR) is 134 cm³/mol. The Morgan fingerprint density at radius 3 is 2.60 bits per heavy atom. The fraction of sp³-hybridized carbons (Fsp3) is 0.440. The van der Waals surface area contributed by atoms with Crippen molar-refractivity contribution in [1.29, 1.82) is 0 Å². The third-order valence-electron chi connectivity index (χ3n) is 5.37. The quantitative estimate of drug-likeness (QED) is 0.409. The van der Waals surface area contributed by atoms with E-state index in [0.717, 1.165) is 35.1 Å². The Kier molecular flexibility index (Phi) is 8.29. The highest BCUT2D eigenvalue weighted by Gasteiger charge is 2.19.